The minimum absolute atomic E-state index is 0.282. The van der Waals surface area contributed by atoms with Crippen molar-refractivity contribution in [3.8, 4) is 22.4 Å². The van der Waals surface area contributed by atoms with E-state index in [1.54, 1.807) is 0 Å². The number of nitrogens with one attached hydrogen (secondary N) is 1. The Hall–Kier alpha value is -4.13. The zero-order chi connectivity index (χ0) is 22.5. The molecule has 7 N–H and O–H groups in total. The number of benzene rings is 3. The summed E-state index contributed by atoms with van der Waals surface area (Å²) in [7, 11) is 0. The molecule has 0 amide bonds. The average molecular weight is 433 g/mol. The largest absolute Gasteiger partial charge is 0.384 e. The van der Waals surface area contributed by atoms with E-state index in [0.717, 1.165) is 61.1 Å². The van der Waals surface area contributed by atoms with Crippen molar-refractivity contribution in [1.82, 2.24) is 14.4 Å². The third-order valence-corrected chi connectivity index (χ3v) is 6.41. The molecule has 0 atom stereocenters. The second-order valence-electron chi connectivity index (χ2n) is 8.17. The van der Waals surface area contributed by atoms with Crippen LogP contribution in [0.5, 0.6) is 0 Å². The molecule has 0 spiro atoms. The minimum atomic E-state index is 0.282. The molecule has 6 aromatic rings. The van der Waals surface area contributed by atoms with Crippen molar-refractivity contribution in [1.29, 1.82) is 0 Å². The number of aromatic nitrogens is 3. The van der Waals surface area contributed by atoms with Crippen LogP contribution >= 0.6 is 0 Å². The first-order valence-electron chi connectivity index (χ1n) is 11.0. The second kappa shape index (κ2) is 7.48. The molecule has 6 nitrogen and oxygen atoms in total. The van der Waals surface area contributed by atoms with E-state index < -0.39 is 0 Å². The van der Waals surface area contributed by atoms with Crippen molar-refractivity contribution in [3.05, 3.63) is 90.0 Å². The Morgan fingerprint density at radius 2 is 1.45 bits per heavy atom. The molecule has 0 fully saturated rings. The lowest BCUT2D eigenvalue weighted by Gasteiger charge is -2.19. The van der Waals surface area contributed by atoms with Gasteiger partial charge in [0.15, 0.2) is 0 Å². The van der Waals surface area contributed by atoms with Crippen LogP contribution < -0.4 is 17.2 Å². The summed E-state index contributed by atoms with van der Waals surface area (Å²) in [6, 6.07) is 26.6. The Bertz CT molecular complexity index is 1640. The van der Waals surface area contributed by atoms with Crippen LogP contribution in [0.15, 0.2) is 78.9 Å². The van der Waals surface area contributed by atoms with Gasteiger partial charge in [-0.25, -0.2) is 4.98 Å². The third kappa shape index (κ3) is 2.78. The summed E-state index contributed by atoms with van der Waals surface area (Å²) in [5.41, 5.74) is 29.1. The Balaban J connectivity index is 1.82. The maximum Gasteiger partial charge on any atom is 0.144 e. The van der Waals surface area contributed by atoms with Crippen molar-refractivity contribution < 1.29 is 0 Å². The first kappa shape index (κ1) is 19.5. The van der Waals surface area contributed by atoms with Crippen LogP contribution in [0.4, 0.5) is 5.82 Å². The molecule has 0 aliphatic heterocycles. The summed E-state index contributed by atoms with van der Waals surface area (Å²) >= 11 is 0. The average Bonchev–Trinajstić information content (AvgIpc) is 3.43. The Morgan fingerprint density at radius 3 is 2.24 bits per heavy atom. The molecule has 0 aliphatic carbocycles. The van der Waals surface area contributed by atoms with Crippen molar-refractivity contribution in [3.63, 3.8) is 0 Å². The Morgan fingerprint density at radius 1 is 0.758 bits per heavy atom. The van der Waals surface area contributed by atoms with Crippen molar-refractivity contribution >= 4 is 33.4 Å². The first-order valence-corrected chi connectivity index (χ1v) is 11.0. The van der Waals surface area contributed by atoms with E-state index in [0.29, 0.717) is 12.4 Å². The monoisotopic (exact) mass is 432 g/mol. The Labute approximate surface area is 190 Å². The lowest BCUT2D eigenvalue weighted by atomic mass is 9.91. The number of hydrogen-bond donors (Lipinski definition) is 4. The number of pyridine rings is 1. The van der Waals surface area contributed by atoms with Gasteiger partial charge in [0, 0.05) is 46.2 Å². The standard InChI is InChI=1S/C27H24N6/c28-14-18-23(19(15-29)27-32-21-12-6-7-13-22(21)33(27)26(18)30)24-17-10-4-5-11-20(17)31-25(24)16-8-2-1-3-9-16/h1-13,31H,14-15,28-30H2. The molecule has 0 radical (unpaired) electrons. The van der Waals surface area contributed by atoms with Gasteiger partial charge in [0.05, 0.1) is 16.7 Å². The molecule has 0 saturated carbocycles. The lowest BCUT2D eigenvalue weighted by Crippen LogP contribution is -2.14. The zero-order valence-corrected chi connectivity index (χ0v) is 18.0. The number of nitrogens with two attached hydrogens (primary N) is 3. The summed E-state index contributed by atoms with van der Waals surface area (Å²) in [5, 5.41) is 1.10. The number of imidazole rings is 1. The number of aromatic amines is 1. The fraction of sp³-hybridized carbons (Fsp3) is 0.0741. The molecule has 162 valence electrons. The highest BCUT2D eigenvalue weighted by atomic mass is 15.1. The van der Waals surface area contributed by atoms with Crippen molar-refractivity contribution in [2.24, 2.45) is 11.5 Å². The highest BCUT2D eigenvalue weighted by Gasteiger charge is 2.25. The van der Waals surface area contributed by atoms with E-state index in [9.17, 15) is 0 Å². The minimum Gasteiger partial charge on any atom is -0.384 e. The number of H-pyrrole nitrogens is 1. The van der Waals surface area contributed by atoms with Gasteiger partial charge in [0.2, 0.25) is 0 Å². The molecule has 0 saturated heterocycles. The van der Waals surface area contributed by atoms with Gasteiger partial charge in [-0.2, -0.15) is 0 Å². The number of hydrogen-bond acceptors (Lipinski definition) is 4. The molecule has 6 heteroatoms. The van der Waals surface area contributed by atoms with Gasteiger partial charge in [-0.05, 0) is 23.8 Å². The van der Waals surface area contributed by atoms with Crippen molar-refractivity contribution in [2.45, 2.75) is 13.1 Å². The quantitative estimate of drug-likeness (QED) is 0.320. The molecule has 6 rings (SSSR count). The predicted octanol–water partition coefficient (Wildman–Crippen LogP) is 4.80. The highest BCUT2D eigenvalue weighted by Crippen LogP contribution is 2.44. The SMILES string of the molecule is NCc1c(-c2c(-c3ccccc3)[nH]c3ccccc23)c(CN)c2nc3ccccc3n2c1N. The van der Waals surface area contributed by atoms with E-state index in [1.165, 1.54) is 0 Å². The van der Waals surface area contributed by atoms with Crippen LogP contribution in [0.2, 0.25) is 0 Å². The van der Waals surface area contributed by atoms with Crippen LogP contribution in [0.3, 0.4) is 0 Å². The topological polar surface area (TPSA) is 111 Å². The van der Waals surface area contributed by atoms with Gasteiger partial charge < -0.3 is 22.2 Å². The molecule has 3 aromatic carbocycles. The molecule has 0 aliphatic rings. The third-order valence-electron chi connectivity index (χ3n) is 6.41. The maximum absolute atomic E-state index is 6.80. The van der Waals surface area contributed by atoms with E-state index in [-0.39, 0.29) is 6.54 Å². The number of nitrogen functional groups attached to an aromatic ring is 1. The number of rotatable bonds is 4. The van der Waals surface area contributed by atoms with Gasteiger partial charge in [-0.3, -0.25) is 4.40 Å². The molecule has 0 bridgehead atoms. The van der Waals surface area contributed by atoms with Crippen LogP contribution in [0.25, 0.3) is 50.0 Å². The number of anilines is 1. The van der Waals surface area contributed by atoms with Crippen LogP contribution in [0, 0.1) is 0 Å². The van der Waals surface area contributed by atoms with Gasteiger partial charge in [0.25, 0.3) is 0 Å². The van der Waals surface area contributed by atoms with E-state index in [1.807, 2.05) is 59.0 Å². The molecule has 3 heterocycles. The second-order valence-corrected chi connectivity index (χ2v) is 8.17. The molecular formula is C27H24N6. The number of fused-ring (bicyclic) bond motifs is 4. The van der Waals surface area contributed by atoms with E-state index >= 15 is 0 Å². The fourth-order valence-electron chi connectivity index (χ4n) is 4.95. The molecule has 0 unspecified atom stereocenters. The normalized spacial score (nSPS) is 11.7. The van der Waals surface area contributed by atoms with Crippen LogP contribution in [-0.2, 0) is 13.1 Å². The first-order chi connectivity index (χ1) is 16.2. The lowest BCUT2D eigenvalue weighted by molar-refractivity contribution is 1.00. The predicted molar refractivity (Wildman–Crippen MR) is 136 cm³/mol. The van der Waals surface area contributed by atoms with Gasteiger partial charge in [-0.15, -0.1) is 0 Å². The van der Waals surface area contributed by atoms with Crippen molar-refractivity contribution in [2.75, 3.05) is 5.73 Å². The number of para-hydroxylation sites is 3. The molecule has 33 heavy (non-hydrogen) atoms. The summed E-state index contributed by atoms with van der Waals surface area (Å²) in [6.45, 7) is 0.591. The smallest absolute Gasteiger partial charge is 0.144 e. The van der Waals surface area contributed by atoms with Gasteiger partial charge >= 0.3 is 0 Å². The fourth-order valence-corrected chi connectivity index (χ4v) is 4.95. The summed E-state index contributed by atoms with van der Waals surface area (Å²) in [6.07, 6.45) is 0. The highest BCUT2D eigenvalue weighted by molar-refractivity contribution is 6.07. The van der Waals surface area contributed by atoms with Crippen LogP contribution in [-0.4, -0.2) is 14.4 Å². The summed E-state index contributed by atoms with van der Waals surface area (Å²) in [4.78, 5) is 8.55. The van der Waals surface area contributed by atoms with E-state index in [2.05, 4.69) is 29.2 Å². The van der Waals surface area contributed by atoms with Gasteiger partial charge in [0.1, 0.15) is 11.5 Å². The molecule has 3 aromatic heterocycles. The summed E-state index contributed by atoms with van der Waals surface area (Å²) < 4.78 is 1.99. The zero-order valence-electron chi connectivity index (χ0n) is 18.0. The van der Waals surface area contributed by atoms with Crippen LogP contribution in [0.1, 0.15) is 11.1 Å². The Kier molecular flexibility index (Phi) is 4.43. The number of nitrogens with zero attached hydrogens (tertiary/aromatic N) is 2. The maximum atomic E-state index is 6.80. The van der Waals surface area contributed by atoms with E-state index in [4.69, 9.17) is 22.2 Å². The van der Waals surface area contributed by atoms with Gasteiger partial charge in [-0.1, -0.05) is 60.7 Å². The molecular weight excluding hydrogens is 408 g/mol. The summed E-state index contributed by atoms with van der Waals surface area (Å²) in [5.74, 6) is 0.595.